The molecular weight excluding hydrogens is 279 g/mol. The summed E-state index contributed by atoms with van der Waals surface area (Å²) in [4.78, 5) is 12.1. The molecule has 0 radical (unpaired) electrons. The summed E-state index contributed by atoms with van der Waals surface area (Å²) in [6.07, 6.45) is 1.56. The van der Waals surface area contributed by atoms with Crippen molar-refractivity contribution in [2.45, 2.75) is 13.8 Å². The molecule has 0 aliphatic carbocycles. The van der Waals surface area contributed by atoms with Crippen LogP contribution in [0.2, 0.25) is 0 Å². The van der Waals surface area contributed by atoms with E-state index >= 15 is 0 Å². The molecular formula is C18H15FN2O. The molecule has 3 nitrogen and oxygen atoms in total. The summed E-state index contributed by atoms with van der Waals surface area (Å²) >= 11 is 0. The maximum atomic E-state index is 12.8. The number of anilines is 1. The number of nitrogens with zero attached hydrogens (tertiary/aromatic N) is 1. The molecule has 1 amide bonds. The lowest BCUT2D eigenvalue weighted by molar-refractivity contribution is -0.112. The van der Waals surface area contributed by atoms with Gasteiger partial charge in [0, 0.05) is 5.69 Å². The SMILES string of the molecule is Cc1ccc(C)c(/C=C(\C#N)C(=O)Nc2ccc(F)cc2)c1. The fraction of sp³-hybridized carbons (Fsp3) is 0.111. The molecule has 0 aliphatic heterocycles. The van der Waals surface area contributed by atoms with Gasteiger partial charge in [0.25, 0.3) is 5.91 Å². The van der Waals surface area contributed by atoms with Gasteiger partial charge in [-0.05, 0) is 55.3 Å². The highest BCUT2D eigenvalue weighted by Gasteiger charge is 2.10. The van der Waals surface area contributed by atoms with Gasteiger partial charge in [0.1, 0.15) is 17.5 Å². The highest BCUT2D eigenvalue weighted by molar-refractivity contribution is 6.09. The predicted molar refractivity (Wildman–Crippen MR) is 84.5 cm³/mol. The molecule has 0 bridgehead atoms. The van der Waals surface area contributed by atoms with Crippen molar-refractivity contribution < 1.29 is 9.18 Å². The van der Waals surface area contributed by atoms with Gasteiger partial charge in [-0.3, -0.25) is 4.79 Å². The number of hydrogen-bond acceptors (Lipinski definition) is 2. The van der Waals surface area contributed by atoms with E-state index in [0.29, 0.717) is 5.69 Å². The lowest BCUT2D eigenvalue weighted by Crippen LogP contribution is -2.13. The maximum absolute atomic E-state index is 12.8. The lowest BCUT2D eigenvalue weighted by Gasteiger charge is -2.06. The van der Waals surface area contributed by atoms with Crippen LogP contribution in [0.3, 0.4) is 0 Å². The van der Waals surface area contributed by atoms with Crippen LogP contribution < -0.4 is 5.32 Å². The van der Waals surface area contributed by atoms with Crippen molar-refractivity contribution in [1.82, 2.24) is 0 Å². The summed E-state index contributed by atoms with van der Waals surface area (Å²) in [5.41, 5.74) is 3.29. The molecule has 0 atom stereocenters. The van der Waals surface area contributed by atoms with Gasteiger partial charge >= 0.3 is 0 Å². The van der Waals surface area contributed by atoms with Gasteiger partial charge in [-0.1, -0.05) is 23.8 Å². The van der Waals surface area contributed by atoms with E-state index in [1.54, 1.807) is 6.08 Å². The molecule has 0 saturated carbocycles. The van der Waals surface area contributed by atoms with E-state index in [9.17, 15) is 14.4 Å². The van der Waals surface area contributed by atoms with Crippen LogP contribution in [-0.4, -0.2) is 5.91 Å². The summed E-state index contributed by atoms with van der Waals surface area (Å²) in [5, 5.41) is 11.8. The predicted octanol–water partition coefficient (Wildman–Crippen LogP) is 3.99. The van der Waals surface area contributed by atoms with Crippen LogP contribution in [0, 0.1) is 31.0 Å². The van der Waals surface area contributed by atoms with Gasteiger partial charge in [-0.2, -0.15) is 5.26 Å². The Kier molecular flexibility index (Phi) is 4.70. The molecule has 0 fully saturated rings. The quantitative estimate of drug-likeness (QED) is 0.687. The maximum Gasteiger partial charge on any atom is 0.266 e. The summed E-state index contributed by atoms with van der Waals surface area (Å²) in [7, 11) is 0. The Labute approximate surface area is 128 Å². The first kappa shape index (κ1) is 15.5. The molecule has 0 aliphatic rings. The molecule has 0 heterocycles. The molecule has 2 aromatic carbocycles. The third-order valence-electron chi connectivity index (χ3n) is 3.20. The summed E-state index contributed by atoms with van der Waals surface area (Å²) < 4.78 is 12.8. The molecule has 2 aromatic rings. The molecule has 0 spiro atoms. The Bertz CT molecular complexity index is 771. The molecule has 4 heteroatoms. The largest absolute Gasteiger partial charge is 0.321 e. The van der Waals surface area contributed by atoms with Gasteiger partial charge in [-0.25, -0.2) is 4.39 Å². The zero-order valence-electron chi connectivity index (χ0n) is 12.4. The number of nitrogens with one attached hydrogen (secondary N) is 1. The number of carbonyl (C=O) groups is 1. The third kappa shape index (κ3) is 3.80. The Morgan fingerprint density at radius 1 is 1.18 bits per heavy atom. The van der Waals surface area contributed by atoms with E-state index in [1.807, 2.05) is 38.1 Å². The van der Waals surface area contributed by atoms with Crippen LogP contribution in [0.25, 0.3) is 6.08 Å². The van der Waals surface area contributed by atoms with Crippen LogP contribution in [0.5, 0.6) is 0 Å². The number of nitriles is 1. The first-order chi connectivity index (χ1) is 10.5. The smallest absolute Gasteiger partial charge is 0.266 e. The number of aryl methyl sites for hydroxylation is 2. The monoisotopic (exact) mass is 294 g/mol. The number of carbonyl (C=O) groups excluding carboxylic acids is 1. The van der Waals surface area contributed by atoms with E-state index in [4.69, 9.17) is 0 Å². The summed E-state index contributed by atoms with van der Waals surface area (Å²) in [6.45, 7) is 3.86. The van der Waals surface area contributed by atoms with Gasteiger partial charge in [0.2, 0.25) is 0 Å². The van der Waals surface area contributed by atoms with Crippen molar-refractivity contribution in [2.75, 3.05) is 5.32 Å². The number of rotatable bonds is 3. The number of hydrogen-bond donors (Lipinski definition) is 1. The molecule has 2 rings (SSSR count). The number of benzene rings is 2. The van der Waals surface area contributed by atoms with Crippen LogP contribution >= 0.6 is 0 Å². The van der Waals surface area contributed by atoms with Gasteiger partial charge in [-0.15, -0.1) is 0 Å². The van der Waals surface area contributed by atoms with E-state index in [-0.39, 0.29) is 11.4 Å². The average Bonchev–Trinajstić information content (AvgIpc) is 2.50. The normalized spacial score (nSPS) is 10.9. The average molecular weight is 294 g/mol. The van der Waals surface area contributed by atoms with Gasteiger partial charge in [0.05, 0.1) is 0 Å². The molecule has 0 unspecified atom stereocenters. The first-order valence-electron chi connectivity index (χ1n) is 6.75. The highest BCUT2D eigenvalue weighted by Crippen LogP contribution is 2.16. The topological polar surface area (TPSA) is 52.9 Å². The number of halogens is 1. The van der Waals surface area contributed by atoms with E-state index in [0.717, 1.165) is 16.7 Å². The first-order valence-corrected chi connectivity index (χ1v) is 6.75. The minimum Gasteiger partial charge on any atom is -0.321 e. The minimum absolute atomic E-state index is 0.00183. The second-order valence-corrected chi connectivity index (χ2v) is 4.99. The van der Waals surface area contributed by atoms with E-state index < -0.39 is 5.91 Å². The van der Waals surface area contributed by atoms with Crippen LogP contribution in [0.15, 0.2) is 48.0 Å². The molecule has 22 heavy (non-hydrogen) atoms. The van der Waals surface area contributed by atoms with E-state index in [2.05, 4.69) is 5.32 Å². The van der Waals surface area contributed by atoms with Crippen molar-refractivity contribution in [1.29, 1.82) is 5.26 Å². The van der Waals surface area contributed by atoms with Gasteiger partial charge < -0.3 is 5.32 Å². The van der Waals surface area contributed by atoms with Crippen molar-refractivity contribution in [3.8, 4) is 6.07 Å². The second kappa shape index (κ2) is 6.68. The Hall–Kier alpha value is -2.93. The van der Waals surface area contributed by atoms with Crippen molar-refractivity contribution in [3.63, 3.8) is 0 Å². The molecule has 0 saturated heterocycles. The van der Waals surface area contributed by atoms with Crippen molar-refractivity contribution in [2.24, 2.45) is 0 Å². The standard InChI is InChI=1S/C18H15FN2O/c1-12-3-4-13(2)14(9-12)10-15(11-20)18(22)21-17-7-5-16(19)6-8-17/h3-10H,1-2H3,(H,21,22)/b15-10+. The van der Waals surface area contributed by atoms with Crippen molar-refractivity contribution >= 4 is 17.7 Å². The molecule has 0 aromatic heterocycles. The molecule has 110 valence electrons. The van der Waals surface area contributed by atoms with E-state index in [1.165, 1.54) is 24.3 Å². The highest BCUT2D eigenvalue weighted by atomic mass is 19.1. The van der Waals surface area contributed by atoms with Gasteiger partial charge in [0.15, 0.2) is 0 Å². The zero-order valence-corrected chi connectivity index (χ0v) is 12.4. The third-order valence-corrected chi connectivity index (χ3v) is 3.20. The Morgan fingerprint density at radius 3 is 2.50 bits per heavy atom. The zero-order chi connectivity index (χ0) is 16.1. The summed E-state index contributed by atoms with van der Waals surface area (Å²) in [5.74, 6) is -0.903. The Morgan fingerprint density at radius 2 is 1.86 bits per heavy atom. The van der Waals surface area contributed by atoms with Crippen LogP contribution in [-0.2, 0) is 4.79 Å². The second-order valence-electron chi connectivity index (χ2n) is 4.99. The number of amides is 1. The fourth-order valence-electron chi connectivity index (χ4n) is 1.95. The molecule has 1 N–H and O–H groups in total. The van der Waals surface area contributed by atoms with Crippen LogP contribution in [0.4, 0.5) is 10.1 Å². The van der Waals surface area contributed by atoms with Crippen LogP contribution in [0.1, 0.15) is 16.7 Å². The Balaban J connectivity index is 2.25. The fourth-order valence-corrected chi connectivity index (χ4v) is 1.95. The lowest BCUT2D eigenvalue weighted by atomic mass is 10.0. The minimum atomic E-state index is -0.519. The summed E-state index contributed by atoms with van der Waals surface area (Å²) in [6, 6.07) is 13.1. The van der Waals surface area contributed by atoms with Crippen molar-refractivity contribution in [3.05, 3.63) is 70.5 Å².